The van der Waals surface area contributed by atoms with Crippen molar-refractivity contribution in [1.82, 2.24) is 0 Å². The van der Waals surface area contributed by atoms with Gasteiger partial charge in [-0.15, -0.1) is 0 Å². The van der Waals surface area contributed by atoms with E-state index in [1.165, 1.54) is 5.69 Å². The fourth-order valence-corrected chi connectivity index (χ4v) is 2.71. The molecule has 0 radical (unpaired) electrons. The number of hydrogen-bond acceptors (Lipinski definition) is 2. The molecule has 0 bridgehead atoms. The minimum atomic E-state index is 0.0741. The Labute approximate surface area is 76.8 Å². The van der Waals surface area contributed by atoms with Crippen LogP contribution in [0.3, 0.4) is 0 Å². The molecule has 0 atom stereocenters. The standard InChI is InChI=1S/C8H9INO/c1-10-7-4-2-3-5-8(7)11-6-9-10/h2-5H,6H2,1H3/q-1. The van der Waals surface area contributed by atoms with E-state index in [2.05, 4.69) is 16.2 Å². The average molecular weight is 262 g/mol. The van der Waals surface area contributed by atoms with E-state index < -0.39 is 0 Å². The molecule has 0 aromatic heterocycles. The van der Waals surface area contributed by atoms with Crippen LogP contribution in [0, 0.1) is 0 Å². The molecule has 1 aliphatic rings. The molecule has 0 amide bonds. The molecule has 0 N–H and O–H groups in total. The van der Waals surface area contributed by atoms with E-state index in [9.17, 15) is 0 Å². The molecule has 2 nitrogen and oxygen atoms in total. The fraction of sp³-hybridized carbons (Fsp3) is 0.250. The quantitative estimate of drug-likeness (QED) is 0.320. The molecule has 3 heteroatoms. The first kappa shape index (κ1) is 7.21. The summed E-state index contributed by atoms with van der Waals surface area (Å²) in [7, 11) is 2.13. The number of para-hydroxylation sites is 2. The van der Waals surface area contributed by atoms with Gasteiger partial charge in [0.1, 0.15) is 0 Å². The number of hydrogen-bond donors (Lipinski definition) is 0. The Morgan fingerprint density at radius 1 is 1.45 bits per heavy atom. The van der Waals surface area contributed by atoms with E-state index in [0.717, 1.165) is 10.4 Å². The van der Waals surface area contributed by atoms with Gasteiger partial charge < -0.3 is 0 Å². The van der Waals surface area contributed by atoms with Crippen LogP contribution in [-0.2, 0) is 0 Å². The van der Waals surface area contributed by atoms with Gasteiger partial charge in [0.15, 0.2) is 0 Å². The van der Waals surface area contributed by atoms with Crippen LogP contribution < -0.4 is 29.3 Å². The average Bonchev–Trinajstić information content (AvgIpc) is 2.06. The second-order valence-electron chi connectivity index (χ2n) is 2.32. The molecule has 1 aliphatic heterocycles. The zero-order valence-electron chi connectivity index (χ0n) is 6.25. The van der Waals surface area contributed by atoms with Gasteiger partial charge in [-0.3, -0.25) is 0 Å². The number of halogens is 1. The summed E-state index contributed by atoms with van der Waals surface area (Å²) in [5.74, 6) is 1.03. The fourth-order valence-electron chi connectivity index (χ4n) is 1.05. The molecule has 0 saturated carbocycles. The number of alkyl halides is 1. The Morgan fingerprint density at radius 3 is 3.09 bits per heavy atom. The van der Waals surface area contributed by atoms with Gasteiger partial charge in [0.25, 0.3) is 0 Å². The monoisotopic (exact) mass is 262 g/mol. The van der Waals surface area contributed by atoms with Gasteiger partial charge in [0.05, 0.1) is 0 Å². The summed E-state index contributed by atoms with van der Waals surface area (Å²) in [5, 5.41) is 0. The van der Waals surface area contributed by atoms with E-state index in [1.807, 2.05) is 18.2 Å². The molecule has 1 heterocycles. The second kappa shape index (κ2) is 2.89. The van der Waals surface area contributed by atoms with E-state index in [0.29, 0.717) is 0 Å². The molecule has 1 aromatic carbocycles. The van der Waals surface area contributed by atoms with Crippen LogP contribution in [-0.4, -0.2) is 11.7 Å². The van der Waals surface area contributed by atoms with Gasteiger partial charge in [-0.25, -0.2) is 0 Å². The number of fused-ring (bicyclic) bond motifs is 1. The number of anilines is 1. The van der Waals surface area contributed by atoms with Gasteiger partial charge in [-0.2, -0.15) is 0 Å². The summed E-state index contributed by atoms with van der Waals surface area (Å²) in [5.41, 5.74) is 1.24. The summed E-state index contributed by atoms with van der Waals surface area (Å²) in [6, 6.07) is 8.19. The minimum absolute atomic E-state index is 0.0741. The molecule has 0 spiro atoms. The molecule has 1 aromatic rings. The Balaban J connectivity index is 2.44. The first-order chi connectivity index (χ1) is 5.38. The SMILES string of the molecule is CN1[I-]COc2ccccc21. The first-order valence-corrected chi connectivity index (χ1v) is 5.92. The molecule has 2 rings (SSSR count). The van der Waals surface area contributed by atoms with Crippen LogP contribution in [0.2, 0.25) is 0 Å². The van der Waals surface area contributed by atoms with Gasteiger partial charge >= 0.3 is 76.7 Å². The van der Waals surface area contributed by atoms with Crippen molar-refractivity contribution >= 4 is 5.69 Å². The van der Waals surface area contributed by atoms with E-state index >= 15 is 0 Å². The normalized spacial score (nSPS) is 16.3. The van der Waals surface area contributed by atoms with Crippen molar-refractivity contribution in [2.45, 2.75) is 0 Å². The van der Waals surface area contributed by atoms with Crippen molar-refractivity contribution in [3.63, 3.8) is 0 Å². The first-order valence-electron chi connectivity index (χ1n) is 3.43. The molecular formula is C8H9INO-. The zero-order valence-corrected chi connectivity index (χ0v) is 8.41. The van der Waals surface area contributed by atoms with Crippen LogP contribution in [0.1, 0.15) is 0 Å². The van der Waals surface area contributed by atoms with Gasteiger partial charge in [0, 0.05) is 0 Å². The molecule has 0 fully saturated rings. The van der Waals surface area contributed by atoms with Crippen LogP contribution in [0.5, 0.6) is 5.75 Å². The Morgan fingerprint density at radius 2 is 2.27 bits per heavy atom. The number of benzene rings is 1. The summed E-state index contributed by atoms with van der Waals surface area (Å²) in [6.45, 7) is 0. The van der Waals surface area contributed by atoms with E-state index in [1.54, 1.807) is 0 Å². The summed E-state index contributed by atoms with van der Waals surface area (Å²) >= 11 is 0.0741. The van der Waals surface area contributed by atoms with Crippen molar-refractivity contribution in [2.75, 3.05) is 14.8 Å². The third kappa shape index (κ3) is 1.29. The molecule has 11 heavy (non-hydrogen) atoms. The van der Waals surface area contributed by atoms with Crippen molar-refractivity contribution < 1.29 is 26.2 Å². The van der Waals surface area contributed by atoms with Gasteiger partial charge in [-0.05, 0) is 0 Å². The number of nitrogens with zero attached hydrogens (tertiary/aromatic N) is 1. The molecule has 0 aliphatic carbocycles. The van der Waals surface area contributed by atoms with E-state index in [4.69, 9.17) is 4.74 Å². The zero-order chi connectivity index (χ0) is 7.68. The van der Waals surface area contributed by atoms with Crippen LogP contribution >= 0.6 is 0 Å². The van der Waals surface area contributed by atoms with Gasteiger partial charge in [-0.1, -0.05) is 0 Å². The van der Waals surface area contributed by atoms with E-state index in [-0.39, 0.29) is 21.5 Å². The number of ether oxygens (including phenoxy) is 1. The van der Waals surface area contributed by atoms with Crippen molar-refractivity contribution in [3.05, 3.63) is 24.3 Å². The van der Waals surface area contributed by atoms with Crippen molar-refractivity contribution in [3.8, 4) is 5.75 Å². The topological polar surface area (TPSA) is 12.5 Å². The molecule has 60 valence electrons. The summed E-state index contributed by atoms with van der Waals surface area (Å²) in [6.07, 6.45) is 0. The Hall–Kier alpha value is -0.450. The summed E-state index contributed by atoms with van der Waals surface area (Å²) < 4.78 is 8.73. The number of rotatable bonds is 0. The maximum absolute atomic E-state index is 5.50. The predicted octanol–water partition coefficient (Wildman–Crippen LogP) is -1.52. The molecule has 0 unspecified atom stereocenters. The maximum atomic E-state index is 5.50. The Bertz CT molecular complexity index is 264. The molecular weight excluding hydrogens is 253 g/mol. The van der Waals surface area contributed by atoms with Crippen molar-refractivity contribution in [1.29, 1.82) is 0 Å². The third-order valence-corrected chi connectivity index (χ3v) is 3.77. The predicted molar refractivity (Wildman–Crippen MR) is 40.3 cm³/mol. The van der Waals surface area contributed by atoms with Crippen molar-refractivity contribution in [2.24, 2.45) is 0 Å². The molecule has 0 saturated heterocycles. The second-order valence-corrected chi connectivity index (χ2v) is 5.07. The third-order valence-electron chi connectivity index (χ3n) is 1.64. The summed E-state index contributed by atoms with van der Waals surface area (Å²) in [4.78, 5) is 0. The Kier molecular flexibility index (Phi) is 1.89. The van der Waals surface area contributed by atoms with Crippen LogP contribution in [0.4, 0.5) is 5.69 Å². The van der Waals surface area contributed by atoms with Crippen LogP contribution in [0.15, 0.2) is 24.3 Å². The van der Waals surface area contributed by atoms with Crippen LogP contribution in [0.25, 0.3) is 0 Å². The van der Waals surface area contributed by atoms with Gasteiger partial charge in [0.2, 0.25) is 0 Å².